The van der Waals surface area contributed by atoms with E-state index in [0.29, 0.717) is 23.7 Å². The number of hydrogen-bond donors (Lipinski definition) is 2. The van der Waals surface area contributed by atoms with E-state index in [4.69, 9.17) is 17.0 Å². The Morgan fingerprint density at radius 2 is 1.83 bits per heavy atom. The minimum absolute atomic E-state index is 0.259. The molecule has 0 saturated carbocycles. The number of pyridine rings is 1. The summed E-state index contributed by atoms with van der Waals surface area (Å²) in [7, 11) is 0. The minimum atomic E-state index is -0.259. The molecule has 0 amide bonds. The highest BCUT2D eigenvalue weighted by atomic mass is 32.1. The van der Waals surface area contributed by atoms with Gasteiger partial charge in [-0.3, -0.25) is 4.98 Å². The first kappa shape index (κ1) is 18.8. The molecule has 2 heterocycles. The van der Waals surface area contributed by atoms with Crippen molar-refractivity contribution in [3.05, 3.63) is 94.8 Å². The molecule has 8 heteroatoms. The molecule has 0 fully saturated rings. The number of halogens is 1. The third-order valence-electron chi connectivity index (χ3n) is 4.27. The second-order valence-electron chi connectivity index (χ2n) is 6.32. The van der Waals surface area contributed by atoms with E-state index in [9.17, 15) is 4.39 Å². The van der Waals surface area contributed by atoms with Crippen LogP contribution in [0.4, 0.5) is 4.39 Å². The number of aromatic amines is 1. The van der Waals surface area contributed by atoms with Crippen LogP contribution >= 0.6 is 12.2 Å². The van der Waals surface area contributed by atoms with E-state index in [0.717, 1.165) is 22.4 Å². The van der Waals surface area contributed by atoms with Crippen molar-refractivity contribution < 1.29 is 9.13 Å². The summed E-state index contributed by atoms with van der Waals surface area (Å²) in [6.07, 6.45) is 3.42. The summed E-state index contributed by atoms with van der Waals surface area (Å²) >= 11 is 5.33. The van der Waals surface area contributed by atoms with E-state index in [1.807, 2.05) is 36.4 Å². The van der Waals surface area contributed by atoms with Gasteiger partial charge in [0.2, 0.25) is 4.77 Å². The molecule has 2 aromatic carbocycles. The molecule has 4 aromatic rings. The topological polar surface area (TPSA) is 67.8 Å². The molecule has 29 heavy (non-hydrogen) atoms. The summed E-state index contributed by atoms with van der Waals surface area (Å²) in [5.74, 6) is 1.16. The summed E-state index contributed by atoms with van der Waals surface area (Å²) in [5, 5.41) is 7.10. The zero-order valence-corrected chi connectivity index (χ0v) is 16.2. The average Bonchev–Trinajstić information content (AvgIpc) is 3.13. The van der Waals surface area contributed by atoms with Gasteiger partial charge in [-0.25, -0.2) is 14.2 Å². The smallest absolute Gasteiger partial charge is 0.214 e. The van der Waals surface area contributed by atoms with Crippen LogP contribution in [0.1, 0.15) is 11.1 Å². The lowest BCUT2D eigenvalue weighted by Gasteiger charge is -2.12. The number of aromatic nitrogens is 4. The van der Waals surface area contributed by atoms with Gasteiger partial charge in [0, 0.05) is 18.0 Å². The lowest BCUT2D eigenvalue weighted by atomic mass is 10.2. The molecule has 0 aliphatic rings. The third-order valence-corrected chi connectivity index (χ3v) is 4.54. The molecule has 2 aromatic heterocycles. The van der Waals surface area contributed by atoms with Crippen molar-refractivity contribution in [2.24, 2.45) is 0 Å². The van der Waals surface area contributed by atoms with Crippen LogP contribution in [0.3, 0.4) is 0 Å². The first-order valence-corrected chi connectivity index (χ1v) is 9.38. The Morgan fingerprint density at radius 3 is 2.62 bits per heavy atom. The Hall–Kier alpha value is -3.52. The Kier molecular flexibility index (Phi) is 5.62. The quantitative estimate of drug-likeness (QED) is 0.443. The highest BCUT2D eigenvalue weighted by molar-refractivity contribution is 7.71. The van der Waals surface area contributed by atoms with E-state index < -0.39 is 0 Å². The van der Waals surface area contributed by atoms with Gasteiger partial charge in [-0.05, 0) is 59.7 Å². The van der Waals surface area contributed by atoms with Gasteiger partial charge in [-0.15, -0.1) is 0 Å². The SMILES string of the molecule is Fc1ccc(COc2cccc(CNn3c(-c4ccncc4)n[nH]c3=S)c2)cc1. The summed E-state index contributed by atoms with van der Waals surface area (Å²) in [4.78, 5) is 4.03. The summed E-state index contributed by atoms with van der Waals surface area (Å²) in [5.41, 5.74) is 6.11. The van der Waals surface area contributed by atoms with Gasteiger partial charge in [-0.2, -0.15) is 5.10 Å². The maximum absolute atomic E-state index is 13.0. The van der Waals surface area contributed by atoms with Gasteiger partial charge >= 0.3 is 0 Å². The monoisotopic (exact) mass is 407 g/mol. The van der Waals surface area contributed by atoms with Crippen LogP contribution in [0, 0.1) is 10.6 Å². The van der Waals surface area contributed by atoms with Gasteiger partial charge < -0.3 is 10.2 Å². The molecule has 0 saturated heterocycles. The number of hydrogen-bond acceptors (Lipinski definition) is 5. The molecule has 0 atom stereocenters. The average molecular weight is 407 g/mol. The second-order valence-corrected chi connectivity index (χ2v) is 6.71. The number of rotatable bonds is 7. The first-order valence-electron chi connectivity index (χ1n) is 8.97. The largest absolute Gasteiger partial charge is 0.489 e. The molecule has 146 valence electrons. The Bertz CT molecular complexity index is 1140. The van der Waals surface area contributed by atoms with Crippen molar-refractivity contribution in [2.45, 2.75) is 13.2 Å². The Morgan fingerprint density at radius 1 is 1.03 bits per heavy atom. The van der Waals surface area contributed by atoms with Gasteiger partial charge in [0.15, 0.2) is 5.82 Å². The fraction of sp³-hybridized carbons (Fsp3) is 0.0952. The molecule has 0 spiro atoms. The van der Waals surface area contributed by atoms with Gasteiger partial charge in [0.05, 0.1) is 6.54 Å². The molecule has 4 rings (SSSR count). The number of nitrogens with one attached hydrogen (secondary N) is 2. The van der Waals surface area contributed by atoms with Gasteiger partial charge in [0.25, 0.3) is 0 Å². The number of H-pyrrole nitrogens is 1. The molecule has 6 nitrogen and oxygen atoms in total. The van der Waals surface area contributed by atoms with Crippen molar-refractivity contribution in [2.75, 3.05) is 5.43 Å². The molecule has 0 aliphatic carbocycles. The molecule has 2 N–H and O–H groups in total. The predicted molar refractivity (Wildman–Crippen MR) is 111 cm³/mol. The van der Waals surface area contributed by atoms with Crippen LogP contribution in [-0.2, 0) is 13.2 Å². The molecule has 0 radical (unpaired) electrons. The van der Waals surface area contributed by atoms with Crippen molar-refractivity contribution in [3.63, 3.8) is 0 Å². The number of ether oxygens (including phenoxy) is 1. The van der Waals surface area contributed by atoms with Gasteiger partial charge in [0.1, 0.15) is 18.2 Å². The third kappa shape index (κ3) is 4.67. The highest BCUT2D eigenvalue weighted by Crippen LogP contribution is 2.17. The van der Waals surface area contributed by atoms with Gasteiger partial charge in [-0.1, -0.05) is 24.3 Å². The fourth-order valence-electron chi connectivity index (χ4n) is 2.80. The van der Waals surface area contributed by atoms with Crippen molar-refractivity contribution in [3.8, 4) is 17.1 Å². The number of benzene rings is 2. The number of nitrogens with zero attached hydrogens (tertiary/aromatic N) is 3. The van der Waals surface area contributed by atoms with E-state index in [1.165, 1.54) is 12.1 Å². The minimum Gasteiger partial charge on any atom is -0.489 e. The van der Waals surface area contributed by atoms with Crippen molar-refractivity contribution in [1.82, 2.24) is 19.9 Å². The van der Waals surface area contributed by atoms with E-state index in [2.05, 4.69) is 20.6 Å². The van der Waals surface area contributed by atoms with Crippen LogP contribution in [-0.4, -0.2) is 19.9 Å². The molecular weight excluding hydrogens is 389 g/mol. The highest BCUT2D eigenvalue weighted by Gasteiger charge is 2.08. The predicted octanol–water partition coefficient (Wildman–Crippen LogP) is 4.46. The summed E-state index contributed by atoms with van der Waals surface area (Å²) < 4.78 is 21.0. The molecule has 0 unspecified atom stereocenters. The zero-order chi connectivity index (χ0) is 20.1. The Labute approximate surface area is 172 Å². The molecule has 0 aliphatic heterocycles. The van der Waals surface area contributed by atoms with Crippen LogP contribution in [0.25, 0.3) is 11.4 Å². The summed E-state index contributed by atoms with van der Waals surface area (Å²) in [6, 6.07) is 17.8. The van der Waals surface area contributed by atoms with Crippen LogP contribution in [0.5, 0.6) is 5.75 Å². The van der Waals surface area contributed by atoms with Crippen molar-refractivity contribution in [1.29, 1.82) is 0 Å². The molecule has 0 bridgehead atoms. The van der Waals surface area contributed by atoms with E-state index in [-0.39, 0.29) is 5.82 Å². The van der Waals surface area contributed by atoms with Crippen LogP contribution in [0.15, 0.2) is 73.1 Å². The maximum Gasteiger partial charge on any atom is 0.214 e. The standard InChI is InChI=1S/C21H18FN5OS/c22-18-6-4-15(5-7-18)14-28-19-3-1-2-16(12-19)13-24-27-20(25-26-21(27)29)17-8-10-23-11-9-17/h1-12,24H,13-14H2,(H,26,29). The zero-order valence-electron chi connectivity index (χ0n) is 15.4. The fourth-order valence-corrected chi connectivity index (χ4v) is 3.00. The van der Waals surface area contributed by atoms with Crippen molar-refractivity contribution >= 4 is 12.2 Å². The van der Waals surface area contributed by atoms with Crippen LogP contribution < -0.4 is 10.2 Å². The van der Waals surface area contributed by atoms with E-state index in [1.54, 1.807) is 29.2 Å². The lowest BCUT2D eigenvalue weighted by molar-refractivity contribution is 0.306. The Balaban J connectivity index is 1.43. The molecular formula is C21H18FN5OS. The normalized spacial score (nSPS) is 10.7. The maximum atomic E-state index is 13.0. The second kappa shape index (κ2) is 8.66. The van der Waals surface area contributed by atoms with E-state index >= 15 is 0 Å². The summed E-state index contributed by atoms with van der Waals surface area (Å²) in [6.45, 7) is 0.899. The first-order chi connectivity index (χ1) is 14.2. The lowest BCUT2D eigenvalue weighted by Crippen LogP contribution is -2.16. The van der Waals surface area contributed by atoms with Crippen LogP contribution in [0.2, 0.25) is 0 Å².